The Morgan fingerprint density at radius 2 is 2.45 bits per heavy atom. The van der Waals surface area contributed by atoms with Gasteiger partial charge in [0.05, 0.1) is 10.3 Å². The number of nitriles is 1. The number of nitrogens with zero attached hydrogens (tertiary/aromatic N) is 1. The van der Waals surface area contributed by atoms with Crippen LogP contribution in [0.15, 0.2) is 22.4 Å². The van der Waals surface area contributed by atoms with Crippen molar-refractivity contribution in [2.24, 2.45) is 0 Å². The molecule has 11 heavy (non-hydrogen) atoms. The molecule has 56 valence electrons. The minimum absolute atomic E-state index is 1.14. The Balaban J connectivity index is 2.74. The van der Waals surface area contributed by atoms with E-state index in [-0.39, 0.29) is 0 Å². The van der Waals surface area contributed by atoms with Crippen LogP contribution in [0.3, 0.4) is 0 Å². The highest BCUT2D eigenvalue weighted by molar-refractivity contribution is 8.00. The van der Waals surface area contributed by atoms with Crippen molar-refractivity contribution in [3.63, 3.8) is 0 Å². The van der Waals surface area contributed by atoms with Gasteiger partial charge in [-0.15, -0.1) is 23.1 Å². The van der Waals surface area contributed by atoms with E-state index >= 15 is 0 Å². The van der Waals surface area contributed by atoms with Gasteiger partial charge in [0, 0.05) is 11.0 Å². The molecule has 1 aromatic heterocycles. The molecule has 0 saturated heterocycles. The van der Waals surface area contributed by atoms with Crippen LogP contribution in [0.4, 0.5) is 0 Å². The quantitative estimate of drug-likeness (QED) is 0.517. The van der Waals surface area contributed by atoms with E-state index in [9.17, 15) is 0 Å². The van der Waals surface area contributed by atoms with E-state index in [0.29, 0.717) is 0 Å². The van der Waals surface area contributed by atoms with Crippen LogP contribution in [-0.4, -0.2) is 6.26 Å². The minimum Gasteiger partial charge on any atom is -0.193 e. The fraction of sp³-hybridized carbons (Fsp3) is 0.125. The highest BCUT2D eigenvalue weighted by atomic mass is 32.2. The van der Waals surface area contributed by atoms with Crippen LogP contribution in [-0.2, 0) is 0 Å². The van der Waals surface area contributed by atoms with E-state index in [0.717, 1.165) is 4.88 Å². The maximum atomic E-state index is 8.25. The zero-order valence-electron chi connectivity index (χ0n) is 6.07. The van der Waals surface area contributed by atoms with Crippen LogP contribution < -0.4 is 0 Å². The van der Waals surface area contributed by atoms with E-state index in [4.69, 9.17) is 5.26 Å². The molecule has 3 heteroatoms. The van der Waals surface area contributed by atoms with E-state index in [1.807, 2.05) is 24.5 Å². The maximum absolute atomic E-state index is 8.25. The van der Waals surface area contributed by atoms with E-state index in [2.05, 4.69) is 6.07 Å². The Kier molecular flexibility index (Phi) is 3.21. The van der Waals surface area contributed by atoms with Gasteiger partial charge in [-0.3, -0.25) is 0 Å². The molecule has 0 spiro atoms. The molecule has 0 aromatic carbocycles. The molecule has 1 heterocycles. The summed E-state index contributed by atoms with van der Waals surface area (Å²) < 4.78 is 1.28. The first-order chi connectivity index (χ1) is 5.36. The molecule has 0 N–H and O–H groups in total. The first-order valence-electron chi connectivity index (χ1n) is 3.07. The molecule has 1 nitrogen and oxygen atoms in total. The summed E-state index contributed by atoms with van der Waals surface area (Å²) in [6.45, 7) is 0. The monoisotopic (exact) mass is 181 g/mol. The average Bonchev–Trinajstić information content (AvgIpc) is 2.48. The highest BCUT2D eigenvalue weighted by Crippen LogP contribution is 2.25. The number of thioether (sulfide) groups is 1. The van der Waals surface area contributed by atoms with Crippen LogP contribution in [0, 0.1) is 11.3 Å². The number of hydrogen-bond donors (Lipinski definition) is 0. The summed E-state index contributed by atoms with van der Waals surface area (Å²) in [6.07, 6.45) is 5.37. The second-order valence-electron chi connectivity index (χ2n) is 1.82. The Morgan fingerprint density at radius 1 is 1.64 bits per heavy atom. The van der Waals surface area contributed by atoms with Gasteiger partial charge in [-0.05, 0) is 24.5 Å². The standard InChI is InChI=1S/C8H7NS2/c1-10-8-5-4-7(11-8)3-2-6-9/h2-5H,1H3. The van der Waals surface area contributed by atoms with E-state index in [1.54, 1.807) is 23.1 Å². The zero-order chi connectivity index (χ0) is 8.10. The first-order valence-corrected chi connectivity index (χ1v) is 5.11. The number of allylic oxidation sites excluding steroid dienone is 1. The molecular formula is C8H7NS2. The number of rotatable bonds is 2. The number of hydrogen-bond acceptors (Lipinski definition) is 3. The van der Waals surface area contributed by atoms with Crippen molar-refractivity contribution in [3.05, 3.63) is 23.1 Å². The van der Waals surface area contributed by atoms with Gasteiger partial charge in [-0.1, -0.05) is 0 Å². The van der Waals surface area contributed by atoms with Crippen molar-refractivity contribution in [1.29, 1.82) is 5.26 Å². The molecule has 1 rings (SSSR count). The lowest BCUT2D eigenvalue weighted by atomic mass is 10.4. The normalized spacial score (nSPS) is 10.2. The third kappa shape index (κ3) is 2.41. The zero-order valence-corrected chi connectivity index (χ0v) is 7.71. The molecular weight excluding hydrogens is 174 g/mol. The molecule has 0 fully saturated rings. The highest BCUT2D eigenvalue weighted by Gasteiger charge is 1.93. The third-order valence-corrected chi connectivity index (χ3v) is 3.26. The van der Waals surface area contributed by atoms with Gasteiger partial charge < -0.3 is 0 Å². The first kappa shape index (κ1) is 8.38. The Morgan fingerprint density at radius 3 is 3.00 bits per heavy atom. The van der Waals surface area contributed by atoms with Crippen molar-refractivity contribution < 1.29 is 0 Å². The maximum Gasteiger partial charge on any atom is 0.0912 e. The summed E-state index contributed by atoms with van der Waals surface area (Å²) >= 11 is 3.42. The lowest BCUT2D eigenvalue weighted by molar-refractivity contribution is 1.54. The van der Waals surface area contributed by atoms with Gasteiger partial charge in [0.25, 0.3) is 0 Å². The van der Waals surface area contributed by atoms with Crippen molar-refractivity contribution >= 4 is 29.2 Å². The molecule has 0 atom stereocenters. The molecule has 0 aliphatic rings. The molecule has 0 radical (unpaired) electrons. The number of thiophene rings is 1. The lowest BCUT2D eigenvalue weighted by Crippen LogP contribution is -1.52. The fourth-order valence-corrected chi connectivity index (χ4v) is 2.12. The molecule has 1 aromatic rings. The predicted molar refractivity (Wildman–Crippen MR) is 50.7 cm³/mol. The van der Waals surface area contributed by atoms with Gasteiger partial charge in [-0.2, -0.15) is 5.26 Å². The van der Waals surface area contributed by atoms with Crippen LogP contribution in [0.2, 0.25) is 0 Å². The Bertz CT molecular complexity index is 293. The topological polar surface area (TPSA) is 23.8 Å². The summed E-state index contributed by atoms with van der Waals surface area (Å²) in [5, 5.41) is 8.25. The van der Waals surface area contributed by atoms with E-state index in [1.165, 1.54) is 10.3 Å². The second-order valence-corrected chi connectivity index (χ2v) is 4.05. The van der Waals surface area contributed by atoms with Crippen molar-refractivity contribution in [2.75, 3.05) is 6.26 Å². The summed E-state index contributed by atoms with van der Waals surface area (Å²) in [5.74, 6) is 0. The largest absolute Gasteiger partial charge is 0.193 e. The minimum atomic E-state index is 1.14. The van der Waals surface area contributed by atoms with Gasteiger partial charge >= 0.3 is 0 Å². The SMILES string of the molecule is CSc1ccc(C=CC#N)s1. The summed E-state index contributed by atoms with van der Waals surface area (Å²) in [4.78, 5) is 1.14. The molecule has 0 unspecified atom stereocenters. The van der Waals surface area contributed by atoms with Crippen LogP contribution in [0.1, 0.15) is 4.88 Å². The summed E-state index contributed by atoms with van der Waals surface area (Å²) in [5.41, 5.74) is 0. The van der Waals surface area contributed by atoms with E-state index < -0.39 is 0 Å². The van der Waals surface area contributed by atoms with Gasteiger partial charge in [0.2, 0.25) is 0 Å². The molecule has 0 aliphatic carbocycles. The molecule has 0 saturated carbocycles. The summed E-state index contributed by atoms with van der Waals surface area (Å²) in [6, 6.07) is 6.04. The van der Waals surface area contributed by atoms with Crippen molar-refractivity contribution in [2.45, 2.75) is 4.21 Å². The van der Waals surface area contributed by atoms with Gasteiger partial charge in [0.15, 0.2) is 0 Å². The van der Waals surface area contributed by atoms with Gasteiger partial charge in [0.1, 0.15) is 0 Å². The second kappa shape index (κ2) is 4.22. The molecule has 0 bridgehead atoms. The summed E-state index contributed by atoms with van der Waals surface area (Å²) in [7, 11) is 0. The van der Waals surface area contributed by atoms with Crippen molar-refractivity contribution in [3.8, 4) is 6.07 Å². The third-order valence-electron chi connectivity index (χ3n) is 1.13. The van der Waals surface area contributed by atoms with Gasteiger partial charge in [-0.25, -0.2) is 0 Å². The van der Waals surface area contributed by atoms with Crippen LogP contribution in [0.25, 0.3) is 6.08 Å². The lowest BCUT2D eigenvalue weighted by Gasteiger charge is -1.81. The Labute approximate surface area is 74.4 Å². The van der Waals surface area contributed by atoms with Crippen molar-refractivity contribution in [1.82, 2.24) is 0 Å². The smallest absolute Gasteiger partial charge is 0.0912 e. The fourth-order valence-electron chi connectivity index (χ4n) is 0.653. The Hall–Kier alpha value is -0.720. The average molecular weight is 181 g/mol. The predicted octanol–water partition coefficient (Wildman–Crippen LogP) is 3.01. The molecule has 0 amide bonds. The van der Waals surface area contributed by atoms with Crippen LogP contribution in [0.5, 0.6) is 0 Å². The van der Waals surface area contributed by atoms with Crippen LogP contribution >= 0.6 is 23.1 Å². The molecule has 0 aliphatic heterocycles.